The maximum Gasteiger partial charge on any atom is 0.330 e. The van der Waals surface area contributed by atoms with Crippen LogP contribution < -0.4 is 0 Å². The van der Waals surface area contributed by atoms with Gasteiger partial charge < -0.3 is 4.74 Å². The molecule has 2 heteroatoms. The van der Waals surface area contributed by atoms with Crippen molar-refractivity contribution in [3.8, 4) is 33.4 Å². The van der Waals surface area contributed by atoms with Crippen molar-refractivity contribution in [3.63, 3.8) is 0 Å². The van der Waals surface area contributed by atoms with Gasteiger partial charge in [-0.15, -0.1) is 0 Å². The zero-order valence-electron chi connectivity index (χ0n) is 20.9. The summed E-state index contributed by atoms with van der Waals surface area (Å²) < 4.78 is 5.09. The maximum absolute atomic E-state index is 11.2. The van der Waals surface area contributed by atoms with E-state index in [0.29, 0.717) is 6.61 Å². The lowest BCUT2D eigenvalue weighted by Crippen LogP contribution is -2.02. The molecule has 0 bridgehead atoms. The van der Waals surface area contributed by atoms with E-state index in [4.69, 9.17) is 4.74 Å². The monoisotopic (exact) mass is 472 g/mol. The Morgan fingerprint density at radius 2 is 1.31 bits per heavy atom. The highest BCUT2D eigenvalue weighted by molar-refractivity contribution is 5.87. The Labute approximate surface area is 214 Å². The highest BCUT2D eigenvalue weighted by Crippen LogP contribution is 2.36. The topological polar surface area (TPSA) is 26.3 Å². The number of hydrogen-bond donors (Lipinski definition) is 0. The molecule has 0 heterocycles. The van der Waals surface area contributed by atoms with Crippen molar-refractivity contribution in [2.24, 2.45) is 0 Å². The Hall–Kier alpha value is -4.17. The Kier molecular flexibility index (Phi) is 8.31. The van der Waals surface area contributed by atoms with Gasteiger partial charge in [0.1, 0.15) is 0 Å². The van der Waals surface area contributed by atoms with Crippen molar-refractivity contribution in [1.29, 1.82) is 0 Å². The van der Waals surface area contributed by atoms with Gasteiger partial charge in [0.05, 0.1) is 6.61 Å². The molecule has 0 N–H and O–H groups in total. The number of ether oxygens (including phenoxy) is 1. The summed E-state index contributed by atoms with van der Waals surface area (Å²) in [6.45, 7) is 9.87. The van der Waals surface area contributed by atoms with Crippen LogP contribution in [0.3, 0.4) is 0 Å². The lowest BCUT2D eigenvalue weighted by atomic mass is 9.90. The van der Waals surface area contributed by atoms with Crippen LogP contribution in [0.5, 0.6) is 0 Å². The van der Waals surface area contributed by atoms with Crippen molar-refractivity contribution in [1.82, 2.24) is 0 Å². The lowest BCUT2D eigenvalue weighted by molar-refractivity contribution is -0.137. The molecule has 2 nitrogen and oxygen atoms in total. The smallest absolute Gasteiger partial charge is 0.330 e. The fourth-order valence-corrected chi connectivity index (χ4v) is 4.30. The van der Waals surface area contributed by atoms with E-state index < -0.39 is 0 Å². The van der Waals surface area contributed by atoms with E-state index >= 15 is 0 Å². The second-order valence-corrected chi connectivity index (χ2v) is 8.81. The van der Waals surface area contributed by atoms with Crippen LogP contribution in [0, 0.1) is 0 Å². The second-order valence-electron chi connectivity index (χ2n) is 8.81. The van der Waals surface area contributed by atoms with E-state index in [9.17, 15) is 4.79 Å². The van der Waals surface area contributed by atoms with Crippen molar-refractivity contribution in [2.75, 3.05) is 6.61 Å². The fraction of sp³-hybridized carbons (Fsp3) is 0.147. The van der Waals surface area contributed by atoms with Crippen LogP contribution in [0.2, 0.25) is 0 Å². The zero-order chi connectivity index (χ0) is 25.3. The molecular weight excluding hydrogens is 440 g/mol. The first-order chi connectivity index (χ1) is 17.6. The van der Waals surface area contributed by atoms with Gasteiger partial charge >= 0.3 is 5.97 Å². The predicted molar refractivity (Wildman–Crippen MR) is 152 cm³/mol. The number of rotatable bonds is 10. The van der Waals surface area contributed by atoms with Crippen LogP contribution in [0.4, 0.5) is 0 Å². The van der Waals surface area contributed by atoms with E-state index in [0.717, 1.165) is 24.8 Å². The Balaban J connectivity index is 1.65. The summed E-state index contributed by atoms with van der Waals surface area (Å²) in [5, 5.41) is 0. The third-order valence-electron chi connectivity index (χ3n) is 6.46. The van der Waals surface area contributed by atoms with E-state index in [1.165, 1.54) is 50.6 Å². The summed E-state index contributed by atoms with van der Waals surface area (Å²) in [6.07, 6.45) is 5.73. The number of carbonyl (C=O) groups is 1. The molecule has 0 saturated carbocycles. The fourth-order valence-electron chi connectivity index (χ4n) is 4.30. The molecule has 0 saturated heterocycles. The summed E-state index contributed by atoms with van der Waals surface area (Å²) in [5.41, 5.74) is 10.8. The van der Waals surface area contributed by atoms with Crippen molar-refractivity contribution in [3.05, 3.63) is 127 Å². The van der Waals surface area contributed by atoms with E-state index in [-0.39, 0.29) is 5.97 Å². The average Bonchev–Trinajstić information content (AvgIpc) is 2.95. The molecule has 36 heavy (non-hydrogen) atoms. The molecule has 0 radical (unpaired) electrons. The minimum Gasteiger partial charge on any atom is -0.463 e. The van der Waals surface area contributed by atoms with Crippen LogP contribution in [0.15, 0.2) is 110 Å². The minimum absolute atomic E-state index is 0.371. The molecule has 0 unspecified atom stereocenters. The molecule has 0 fully saturated rings. The summed E-state index contributed by atoms with van der Waals surface area (Å²) >= 11 is 0. The van der Waals surface area contributed by atoms with Gasteiger partial charge in [-0.1, -0.05) is 111 Å². The van der Waals surface area contributed by atoms with Gasteiger partial charge in [-0.2, -0.15) is 0 Å². The number of carbonyl (C=O) groups excluding carboxylic acids is 1. The predicted octanol–water partition coefficient (Wildman–Crippen LogP) is 8.55. The van der Waals surface area contributed by atoms with Crippen LogP contribution >= 0.6 is 0 Å². The molecule has 4 aromatic rings. The Bertz CT molecular complexity index is 1330. The lowest BCUT2D eigenvalue weighted by Gasteiger charge is -2.14. The molecule has 180 valence electrons. The van der Waals surface area contributed by atoms with Gasteiger partial charge in [-0.25, -0.2) is 4.79 Å². The summed E-state index contributed by atoms with van der Waals surface area (Å²) in [7, 11) is 0. The summed E-state index contributed by atoms with van der Waals surface area (Å²) in [6, 6.07) is 32.8. The summed E-state index contributed by atoms with van der Waals surface area (Å²) in [4.78, 5) is 11.2. The Morgan fingerprint density at radius 3 is 1.92 bits per heavy atom. The first-order valence-corrected chi connectivity index (χ1v) is 12.5. The SMILES string of the molecule is C=CC(=O)OCCCc1ccc(-c2cc(-c3ccc(C=C)cc3)ccc2-c2ccc(CC)cc2)cc1. The molecular formula is C34H32O2. The Morgan fingerprint density at radius 1 is 0.722 bits per heavy atom. The molecule has 4 rings (SSSR count). The van der Waals surface area contributed by atoms with Crippen LogP contribution in [0.1, 0.15) is 30.0 Å². The zero-order valence-corrected chi connectivity index (χ0v) is 20.9. The van der Waals surface area contributed by atoms with Crippen LogP contribution in [-0.4, -0.2) is 12.6 Å². The second kappa shape index (κ2) is 12.0. The number of hydrogen-bond acceptors (Lipinski definition) is 2. The van der Waals surface area contributed by atoms with Gasteiger partial charge in [-0.05, 0) is 75.4 Å². The first kappa shape index (κ1) is 24.9. The molecule has 0 aliphatic heterocycles. The molecule has 0 atom stereocenters. The van der Waals surface area contributed by atoms with E-state index in [2.05, 4.69) is 111 Å². The molecule has 4 aromatic carbocycles. The molecule has 0 aliphatic rings. The van der Waals surface area contributed by atoms with Gasteiger partial charge in [0.15, 0.2) is 0 Å². The molecule has 0 aliphatic carbocycles. The molecule has 0 amide bonds. The quantitative estimate of drug-likeness (QED) is 0.131. The first-order valence-electron chi connectivity index (χ1n) is 12.5. The van der Waals surface area contributed by atoms with Crippen LogP contribution in [0.25, 0.3) is 39.5 Å². The van der Waals surface area contributed by atoms with E-state index in [1.807, 2.05) is 6.08 Å². The molecule has 0 spiro atoms. The minimum atomic E-state index is -0.371. The summed E-state index contributed by atoms with van der Waals surface area (Å²) in [5.74, 6) is -0.371. The number of esters is 1. The maximum atomic E-state index is 11.2. The van der Waals surface area contributed by atoms with Crippen molar-refractivity contribution >= 4 is 12.0 Å². The van der Waals surface area contributed by atoms with Crippen molar-refractivity contribution < 1.29 is 9.53 Å². The third-order valence-corrected chi connectivity index (χ3v) is 6.46. The largest absolute Gasteiger partial charge is 0.463 e. The van der Waals surface area contributed by atoms with Crippen LogP contribution in [-0.2, 0) is 22.4 Å². The standard InChI is InChI=1S/C34H32O2/c1-4-25-9-15-28(16-10-25)31-21-22-32(29-17-11-26(5-2)12-18-29)33(24-31)30-19-13-27(14-20-30)8-7-23-36-34(35)6-3/h4,6,9-22,24H,1,3,5,7-8,23H2,2H3. The van der Waals surface area contributed by atoms with Gasteiger partial charge in [-0.3, -0.25) is 0 Å². The average molecular weight is 473 g/mol. The van der Waals surface area contributed by atoms with Crippen molar-refractivity contribution in [2.45, 2.75) is 26.2 Å². The number of benzene rings is 4. The van der Waals surface area contributed by atoms with Gasteiger partial charge in [0.25, 0.3) is 0 Å². The normalized spacial score (nSPS) is 10.6. The van der Waals surface area contributed by atoms with Gasteiger partial charge in [0.2, 0.25) is 0 Å². The van der Waals surface area contributed by atoms with Gasteiger partial charge in [0, 0.05) is 6.08 Å². The third kappa shape index (κ3) is 6.09. The highest BCUT2D eigenvalue weighted by atomic mass is 16.5. The van der Waals surface area contributed by atoms with E-state index in [1.54, 1.807) is 0 Å². The number of aryl methyl sites for hydroxylation is 2. The molecule has 0 aromatic heterocycles. The highest BCUT2D eigenvalue weighted by Gasteiger charge is 2.11.